The number of rotatable bonds is 5. The van der Waals surface area contributed by atoms with E-state index in [9.17, 15) is 27.2 Å². The van der Waals surface area contributed by atoms with E-state index < -0.39 is 34.6 Å². The number of hydrogen-bond acceptors (Lipinski definition) is 4. The molecule has 0 aliphatic heterocycles. The molecule has 0 aliphatic rings. The molecule has 1 heterocycles. The molecule has 148 valence electrons. The molecule has 27 heavy (non-hydrogen) atoms. The van der Waals surface area contributed by atoms with Gasteiger partial charge in [0, 0.05) is 25.7 Å². The average Bonchev–Trinajstić information content (AvgIpc) is 2.53. The van der Waals surface area contributed by atoms with Gasteiger partial charge in [-0.05, 0) is 20.2 Å². The first-order chi connectivity index (χ1) is 12.4. The van der Waals surface area contributed by atoms with Crippen molar-refractivity contribution in [3.8, 4) is 11.4 Å². The lowest BCUT2D eigenvalue weighted by molar-refractivity contribution is -0.144. The third-order valence-corrected chi connectivity index (χ3v) is 3.94. The van der Waals surface area contributed by atoms with Gasteiger partial charge in [-0.25, -0.2) is 13.8 Å². The van der Waals surface area contributed by atoms with Gasteiger partial charge in [-0.1, -0.05) is 11.6 Å². The number of ether oxygens (including phenoxy) is 1. The zero-order valence-corrected chi connectivity index (χ0v) is 15.4. The number of aromatic nitrogens is 2. The van der Waals surface area contributed by atoms with E-state index in [0.717, 1.165) is 19.2 Å². The van der Waals surface area contributed by atoms with E-state index >= 15 is 0 Å². The van der Waals surface area contributed by atoms with Crippen LogP contribution in [0.2, 0.25) is 5.02 Å². The quantitative estimate of drug-likeness (QED) is 0.711. The maximum absolute atomic E-state index is 14.3. The van der Waals surface area contributed by atoms with E-state index in [1.807, 2.05) is 4.90 Å². The fraction of sp³-hybridized carbons (Fsp3) is 0.375. The van der Waals surface area contributed by atoms with Gasteiger partial charge in [-0.2, -0.15) is 13.2 Å². The van der Waals surface area contributed by atoms with Gasteiger partial charge >= 0.3 is 11.9 Å². The number of halogens is 5. The van der Waals surface area contributed by atoms with Crippen LogP contribution in [-0.4, -0.2) is 41.3 Å². The smallest absolute Gasteiger partial charge is 0.431 e. The van der Waals surface area contributed by atoms with Crippen LogP contribution in [0, 0.1) is 5.82 Å². The predicted molar refractivity (Wildman–Crippen MR) is 91.3 cm³/mol. The molecular formula is C16H16ClF4N3O3. The first-order valence-electron chi connectivity index (χ1n) is 7.60. The van der Waals surface area contributed by atoms with E-state index in [4.69, 9.17) is 16.3 Å². The molecule has 0 aliphatic carbocycles. The van der Waals surface area contributed by atoms with Crippen LogP contribution >= 0.6 is 11.6 Å². The molecule has 6 nitrogen and oxygen atoms in total. The second-order valence-corrected chi connectivity index (χ2v) is 6.34. The summed E-state index contributed by atoms with van der Waals surface area (Å²) in [5.74, 6) is -1.07. The lowest BCUT2D eigenvalue weighted by atomic mass is 10.2. The van der Waals surface area contributed by atoms with Crippen molar-refractivity contribution >= 4 is 11.6 Å². The molecule has 0 fully saturated rings. The summed E-state index contributed by atoms with van der Waals surface area (Å²) in [7, 11) is 4.43. The summed E-state index contributed by atoms with van der Waals surface area (Å²) in [5.41, 5.74) is -4.68. The number of hydrogen-bond donors (Lipinski definition) is 0. The molecule has 0 radical (unpaired) electrons. The molecule has 0 saturated heterocycles. The summed E-state index contributed by atoms with van der Waals surface area (Å²) in [6.45, 7) is 0.683. The summed E-state index contributed by atoms with van der Waals surface area (Å²) in [5, 5.41) is -0.105. The van der Waals surface area contributed by atoms with Crippen molar-refractivity contribution in [1.82, 2.24) is 14.0 Å². The Labute approximate surface area is 156 Å². The molecular weight excluding hydrogens is 394 g/mol. The average molecular weight is 410 g/mol. The number of benzene rings is 1. The zero-order valence-electron chi connectivity index (χ0n) is 14.6. The molecule has 1 aromatic heterocycles. The normalized spacial score (nSPS) is 11.9. The lowest BCUT2D eigenvalue weighted by Gasteiger charge is -2.16. The largest absolute Gasteiger partial charge is 0.491 e. The molecule has 2 aromatic rings. The highest BCUT2D eigenvalue weighted by Gasteiger charge is 2.35. The van der Waals surface area contributed by atoms with E-state index in [2.05, 4.69) is 0 Å². The molecule has 0 unspecified atom stereocenters. The van der Waals surface area contributed by atoms with Crippen LogP contribution in [0.1, 0.15) is 5.69 Å². The van der Waals surface area contributed by atoms with Crippen LogP contribution in [0.4, 0.5) is 17.6 Å². The molecule has 11 heteroatoms. The van der Waals surface area contributed by atoms with Gasteiger partial charge in [0.1, 0.15) is 23.9 Å². The number of nitrogens with zero attached hydrogens (tertiary/aromatic N) is 3. The van der Waals surface area contributed by atoms with Gasteiger partial charge in [0.25, 0.3) is 5.56 Å². The summed E-state index contributed by atoms with van der Waals surface area (Å²) in [4.78, 5) is 26.2. The van der Waals surface area contributed by atoms with Crippen molar-refractivity contribution in [2.75, 3.05) is 27.2 Å². The SMILES string of the molecule is CN(C)CCOc1cc(-n2c(=O)cc(C(F)(F)F)n(C)c2=O)c(F)cc1Cl. The molecule has 0 atom stereocenters. The maximum atomic E-state index is 14.3. The van der Waals surface area contributed by atoms with Crippen molar-refractivity contribution in [2.24, 2.45) is 7.05 Å². The van der Waals surface area contributed by atoms with Crippen LogP contribution in [0.5, 0.6) is 5.75 Å². The van der Waals surface area contributed by atoms with Crippen molar-refractivity contribution < 1.29 is 22.3 Å². The van der Waals surface area contributed by atoms with Gasteiger partial charge in [0.05, 0.1) is 10.7 Å². The van der Waals surface area contributed by atoms with Crippen LogP contribution in [-0.2, 0) is 13.2 Å². The Morgan fingerprint density at radius 1 is 1.19 bits per heavy atom. The van der Waals surface area contributed by atoms with E-state index in [0.29, 0.717) is 11.1 Å². The van der Waals surface area contributed by atoms with Crippen LogP contribution in [0.25, 0.3) is 5.69 Å². The summed E-state index contributed by atoms with van der Waals surface area (Å²) < 4.78 is 59.0. The number of likely N-dealkylation sites (N-methyl/N-ethyl adjacent to an activating group) is 1. The maximum Gasteiger partial charge on any atom is 0.431 e. The Hall–Kier alpha value is -2.33. The van der Waals surface area contributed by atoms with Crippen molar-refractivity contribution in [3.05, 3.63) is 55.6 Å². The molecule has 2 rings (SSSR count). The Bertz CT molecular complexity index is 967. The minimum absolute atomic E-state index is 0.0104. The summed E-state index contributed by atoms with van der Waals surface area (Å²) in [6, 6.07) is 2.05. The highest BCUT2D eigenvalue weighted by Crippen LogP contribution is 2.30. The van der Waals surface area contributed by atoms with E-state index in [1.165, 1.54) is 0 Å². The lowest BCUT2D eigenvalue weighted by Crippen LogP contribution is -2.41. The van der Waals surface area contributed by atoms with Crippen LogP contribution < -0.4 is 16.0 Å². The Kier molecular flexibility index (Phi) is 6.01. The van der Waals surface area contributed by atoms with E-state index in [-0.39, 0.29) is 28.0 Å². The van der Waals surface area contributed by atoms with Crippen molar-refractivity contribution in [2.45, 2.75) is 6.18 Å². The molecule has 0 N–H and O–H groups in total. The molecule has 0 saturated carbocycles. The van der Waals surface area contributed by atoms with Gasteiger partial charge < -0.3 is 9.64 Å². The standard InChI is InChI=1S/C16H16ClF4N3O3/c1-22(2)4-5-27-12-7-11(10(18)6-9(12)17)24-14(25)8-13(16(19,20)21)23(3)15(24)26/h6-8H,4-5H2,1-3H3. The topological polar surface area (TPSA) is 56.5 Å². The Morgan fingerprint density at radius 3 is 2.37 bits per heavy atom. The third-order valence-electron chi connectivity index (χ3n) is 3.65. The van der Waals surface area contributed by atoms with Gasteiger partial charge in [0.15, 0.2) is 0 Å². The minimum atomic E-state index is -4.91. The number of alkyl halides is 3. The Morgan fingerprint density at radius 2 is 1.81 bits per heavy atom. The van der Waals surface area contributed by atoms with Gasteiger partial charge in [-0.15, -0.1) is 0 Å². The van der Waals surface area contributed by atoms with Crippen molar-refractivity contribution in [3.63, 3.8) is 0 Å². The van der Waals surface area contributed by atoms with E-state index in [1.54, 1.807) is 14.1 Å². The summed E-state index contributed by atoms with van der Waals surface area (Å²) in [6.07, 6.45) is -4.91. The monoisotopic (exact) mass is 409 g/mol. The second kappa shape index (κ2) is 7.73. The first-order valence-corrected chi connectivity index (χ1v) is 7.98. The fourth-order valence-corrected chi connectivity index (χ4v) is 2.46. The van der Waals surface area contributed by atoms with Gasteiger partial charge in [-0.3, -0.25) is 9.36 Å². The van der Waals surface area contributed by atoms with Crippen molar-refractivity contribution in [1.29, 1.82) is 0 Å². The second-order valence-electron chi connectivity index (χ2n) is 5.93. The van der Waals surface area contributed by atoms with Gasteiger partial charge in [0.2, 0.25) is 0 Å². The third kappa shape index (κ3) is 4.51. The highest BCUT2D eigenvalue weighted by atomic mass is 35.5. The molecule has 1 aromatic carbocycles. The molecule has 0 bridgehead atoms. The molecule has 0 spiro atoms. The van der Waals surface area contributed by atoms with Crippen LogP contribution in [0.15, 0.2) is 27.8 Å². The van der Waals surface area contributed by atoms with Crippen LogP contribution in [0.3, 0.4) is 0 Å². The fourth-order valence-electron chi connectivity index (χ4n) is 2.26. The predicted octanol–water partition coefficient (Wildman–Crippen LogP) is 2.29. The Balaban J connectivity index is 2.60. The highest BCUT2D eigenvalue weighted by molar-refractivity contribution is 6.32. The molecule has 0 amide bonds. The first kappa shape index (κ1) is 21.0. The zero-order chi connectivity index (χ0) is 20.5. The minimum Gasteiger partial charge on any atom is -0.491 e. The summed E-state index contributed by atoms with van der Waals surface area (Å²) >= 11 is 5.90.